The Bertz CT molecular complexity index is 1330. The fourth-order valence-corrected chi connectivity index (χ4v) is 5.11. The molecule has 0 aliphatic carbocycles. The van der Waals surface area contributed by atoms with Crippen LogP contribution in [0.5, 0.6) is 0 Å². The van der Waals surface area contributed by atoms with Gasteiger partial charge in [0.15, 0.2) is 0 Å². The highest BCUT2D eigenvalue weighted by atomic mass is 32.2. The quantitative estimate of drug-likeness (QED) is 0.369. The molecule has 2 N–H and O–H groups in total. The normalized spacial score (nSPS) is 12.2. The number of hydrogen-bond acceptors (Lipinski definition) is 4. The number of nitrogens with one attached hydrogen (secondary N) is 2. The van der Waals surface area contributed by atoms with Crippen LogP contribution >= 0.6 is 0 Å². The predicted octanol–water partition coefficient (Wildman–Crippen LogP) is 5.48. The molecule has 0 saturated heterocycles. The summed E-state index contributed by atoms with van der Waals surface area (Å²) in [5.41, 5.74) is 2.99. The minimum Gasteiger partial charge on any atom is -0.350 e. The Morgan fingerprint density at radius 1 is 0.892 bits per heavy atom. The van der Waals surface area contributed by atoms with Gasteiger partial charge in [0.25, 0.3) is 15.9 Å². The summed E-state index contributed by atoms with van der Waals surface area (Å²) in [5, 5.41) is 5.63. The predicted molar refractivity (Wildman–Crippen MR) is 149 cm³/mol. The van der Waals surface area contributed by atoms with Crippen molar-refractivity contribution >= 4 is 33.2 Å². The van der Waals surface area contributed by atoms with Crippen LogP contribution in [-0.2, 0) is 14.8 Å². The van der Waals surface area contributed by atoms with Crippen LogP contribution < -0.4 is 14.9 Å². The van der Waals surface area contributed by atoms with Gasteiger partial charge in [-0.15, -0.1) is 0 Å². The summed E-state index contributed by atoms with van der Waals surface area (Å²) in [4.78, 5) is 26.0. The van der Waals surface area contributed by atoms with E-state index in [2.05, 4.69) is 24.5 Å². The molecule has 1 atom stereocenters. The van der Waals surface area contributed by atoms with Gasteiger partial charge in [0.05, 0.1) is 21.8 Å². The first kappa shape index (κ1) is 27.9. The number of aryl methyl sites for hydroxylation is 1. The van der Waals surface area contributed by atoms with Crippen molar-refractivity contribution < 1.29 is 18.0 Å². The molecule has 3 rings (SSSR count). The van der Waals surface area contributed by atoms with Crippen molar-refractivity contribution in [3.05, 3.63) is 89.5 Å². The molecule has 0 spiro atoms. The van der Waals surface area contributed by atoms with Gasteiger partial charge >= 0.3 is 0 Å². The molecule has 0 aromatic heterocycles. The molecular formula is C29H35N3O4S. The van der Waals surface area contributed by atoms with Crippen molar-refractivity contribution in [2.24, 2.45) is 0 Å². The number of sulfonamides is 1. The summed E-state index contributed by atoms with van der Waals surface area (Å²) in [7, 11) is -4.04. The third-order valence-electron chi connectivity index (χ3n) is 6.18. The largest absolute Gasteiger partial charge is 0.350 e. The van der Waals surface area contributed by atoms with E-state index in [1.807, 2.05) is 32.9 Å². The highest BCUT2D eigenvalue weighted by Crippen LogP contribution is 2.26. The first-order valence-corrected chi connectivity index (χ1v) is 13.9. The van der Waals surface area contributed by atoms with Crippen LogP contribution in [0.3, 0.4) is 0 Å². The van der Waals surface area contributed by atoms with Gasteiger partial charge in [-0.2, -0.15) is 0 Å². The highest BCUT2D eigenvalue weighted by Gasteiger charge is 2.28. The van der Waals surface area contributed by atoms with E-state index in [4.69, 9.17) is 0 Å². The van der Waals surface area contributed by atoms with E-state index >= 15 is 0 Å². The van der Waals surface area contributed by atoms with Crippen LogP contribution in [0, 0.1) is 6.92 Å². The Labute approximate surface area is 220 Å². The standard InChI is InChI=1S/C29H35N3O4S/c1-6-22(5)30-29(34)26-9-7-8-10-27(26)31-28(33)19-32(24-15-13-23(14-16-24)20(2)3)37(35,36)25-17-11-21(4)12-18-25/h7-18,20,22H,6,19H2,1-5H3,(H,30,34)(H,31,33)/t22-/m0/s1. The van der Waals surface area contributed by atoms with Gasteiger partial charge in [0.2, 0.25) is 5.91 Å². The van der Waals surface area contributed by atoms with Gasteiger partial charge in [-0.05, 0) is 68.1 Å². The summed E-state index contributed by atoms with van der Waals surface area (Å²) in [6.07, 6.45) is 0.766. The average Bonchev–Trinajstić information content (AvgIpc) is 2.87. The van der Waals surface area contributed by atoms with E-state index in [0.29, 0.717) is 16.9 Å². The van der Waals surface area contributed by atoms with Gasteiger partial charge < -0.3 is 10.6 Å². The van der Waals surface area contributed by atoms with Crippen LogP contribution in [0.25, 0.3) is 0 Å². The molecule has 0 bridgehead atoms. The molecule has 2 amide bonds. The zero-order valence-electron chi connectivity index (χ0n) is 22.0. The van der Waals surface area contributed by atoms with E-state index in [9.17, 15) is 18.0 Å². The summed E-state index contributed by atoms with van der Waals surface area (Å²) in [6.45, 7) is 9.39. The average molecular weight is 522 g/mol. The lowest BCUT2D eigenvalue weighted by atomic mass is 10.0. The SMILES string of the molecule is CC[C@H](C)NC(=O)c1ccccc1NC(=O)CN(c1ccc(C(C)C)cc1)S(=O)(=O)c1ccc(C)cc1. The van der Waals surface area contributed by atoms with Crippen LogP contribution in [0.2, 0.25) is 0 Å². The lowest BCUT2D eigenvalue weighted by Crippen LogP contribution is -2.38. The zero-order valence-corrected chi connectivity index (χ0v) is 22.8. The maximum absolute atomic E-state index is 13.7. The zero-order chi connectivity index (χ0) is 27.2. The molecule has 0 unspecified atom stereocenters. The fourth-order valence-electron chi connectivity index (χ4n) is 3.69. The second-order valence-electron chi connectivity index (χ2n) is 9.45. The summed E-state index contributed by atoms with van der Waals surface area (Å²) in [5.74, 6) is -0.594. The minimum atomic E-state index is -4.04. The van der Waals surface area contributed by atoms with Crippen LogP contribution in [0.1, 0.15) is 61.5 Å². The molecule has 7 nitrogen and oxygen atoms in total. The molecule has 8 heteroatoms. The first-order chi connectivity index (χ1) is 17.5. The number of para-hydroxylation sites is 1. The number of anilines is 2. The molecule has 3 aromatic rings. The van der Waals surface area contributed by atoms with Crippen molar-refractivity contribution in [1.29, 1.82) is 0 Å². The maximum Gasteiger partial charge on any atom is 0.264 e. The maximum atomic E-state index is 13.7. The number of hydrogen-bond donors (Lipinski definition) is 2. The molecule has 196 valence electrons. The Morgan fingerprint density at radius 2 is 1.51 bits per heavy atom. The Morgan fingerprint density at radius 3 is 2.11 bits per heavy atom. The van der Waals surface area contributed by atoms with Crippen molar-refractivity contribution in [2.45, 2.75) is 57.9 Å². The molecule has 0 fully saturated rings. The summed E-state index contributed by atoms with van der Waals surface area (Å²) < 4.78 is 28.4. The van der Waals surface area contributed by atoms with Gasteiger partial charge in [0, 0.05) is 6.04 Å². The number of carbonyl (C=O) groups is 2. The van der Waals surface area contributed by atoms with Crippen molar-refractivity contribution in [3.63, 3.8) is 0 Å². The lowest BCUT2D eigenvalue weighted by Gasteiger charge is -2.25. The van der Waals surface area contributed by atoms with Gasteiger partial charge in [-0.25, -0.2) is 8.42 Å². The second-order valence-corrected chi connectivity index (χ2v) is 11.3. The Hall–Kier alpha value is -3.65. The van der Waals surface area contributed by atoms with E-state index in [1.54, 1.807) is 48.5 Å². The van der Waals surface area contributed by atoms with Crippen molar-refractivity contribution in [1.82, 2.24) is 5.32 Å². The molecule has 37 heavy (non-hydrogen) atoms. The lowest BCUT2D eigenvalue weighted by molar-refractivity contribution is -0.114. The van der Waals surface area contributed by atoms with Crippen LogP contribution in [0.4, 0.5) is 11.4 Å². The number of carbonyl (C=O) groups excluding carboxylic acids is 2. The van der Waals surface area contributed by atoms with E-state index < -0.39 is 22.5 Å². The Balaban J connectivity index is 1.93. The van der Waals surface area contributed by atoms with Crippen LogP contribution in [0.15, 0.2) is 77.7 Å². The highest BCUT2D eigenvalue weighted by molar-refractivity contribution is 7.92. The third kappa shape index (κ3) is 6.98. The number of rotatable bonds is 10. The molecule has 0 heterocycles. The topological polar surface area (TPSA) is 95.6 Å². The van der Waals surface area contributed by atoms with Gasteiger partial charge in [0.1, 0.15) is 6.54 Å². The monoisotopic (exact) mass is 521 g/mol. The minimum absolute atomic E-state index is 0.0276. The first-order valence-electron chi connectivity index (χ1n) is 12.4. The molecular weight excluding hydrogens is 486 g/mol. The number of nitrogens with zero attached hydrogens (tertiary/aromatic N) is 1. The summed E-state index contributed by atoms with van der Waals surface area (Å²) in [6, 6.07) is 20.3. The summed E-state index contributed by atoms with van der Waals surface area (Å²) >= 11 is 0. The number of benzene rings is 3. The van der Waals surface area contributed by atoms with E-state index in [1.165, 1.54) is 12.1 Å². The van der Waals surface area contributed by atoms with Crippen molar-refractivity contribution in [3.8, 4) is 0 Å². The smallest absolute Gasteiger partial charge is 0.264 e. The molecule has 0 aliphatic heterocycles. The molecule has 0 saturated carbocycles. The van der Waals surface area contributed by atoms with Gasteiger partial charge in [-0.1, -0.05) is 62.7 Å². The second kappa shape index (κ2) is 12.1. The molecule has 0 radical (unpaired) electrons. The fraction of sp³-hybridized carbons (Fsp3) is 0.310. The molecule has 3 aromatic carbocycles. The molecule has 0 aliphatic rings. The van der Waals surface area contributed by atoms with Crippen LogP contribution in [-0.4, -0.2) is 32.8 Å². The van der Waals surface area contributed by atoms with Crippen molar-refractivity contribution in [2.75, 3.05) is 16.2 Å². The third-order valence-corrected chi connectivity index (χ3v) is 7.97. The van der Waals surface area contributed by atoms with E-state index in [0.717, 1.165) is 21.9 Å². The Kier molecular flexibility index (Phi) is 9.10. The number of amides is 2. The van der Waals surface area contributed by atoms with Gasteiger partial charge in [-0.3, -0.25) is 13.9 Å². The van der Waals surface area contributed by atoms with E-state index in [-0.39, 0.29) is 22.8 Å².